The fraction of sp³-hybridized carbons (Fsp3) is 0.879. The van der Waals surface area contributed by atoms with Gasteiger partial charge >= 0.3 is 11.9 Å². The zero-order valence-electron chi connectivity index (χ0n) is 25.3. The van der Waals surface area contributed by atoms with E-state index in [0.717, 1.165) is 64.2 Å². The minimum absolute atomic E-state index is 0.286. The number of hydrogen-bond acceptors (Lipinski definition) is 4. The van der Waals surface area contributed by atoms with Gasteiger partial charge in [0.2, 0.25) is 0 Å². The van der Waals surface area contributed by atoms with Crippen LogP contribution in [0.5, 0.6) is 0 Å². The van der Waals surface area contributed by atoms with Crippen LogP contribution in [0.1, 0.15) is 175 Å². The molecule has 0 aliphatic heterocycles. The van der Waals surface area contributed by atoms with Crippen LogP contribution in [0, 0.1) is 0 Å². The summed E-state index contributed by atoms with van der Waals surface area (Å²) in [5.41, 5.74) is 1.18. The standard InChI is InChI=1S/C33H62O4/c1-5-9-13-17-20-24-28-36-32(34)30(26-22-16-12-8-4)31(27-23-19-15-11-7-3)33(35)37-29-25-21-18-14-10-6-2/h5-29H2,1-4H3/b31-30-. The van der Waals surface area contributed by atoms with Gasteiger partial charge in [0.25, 0.3) is 0 Å². The Balaban J connectivity index is 5.20. The average molecular weight is 523 g/mol. The summed E-state index contributed by atoms with van der Waals surface area (Å²) >= 11 is 0. The molecule has 218 valence electrons. The highest BCUT2D eigenvalue weighted by Crippen LogP contribution is 2.23. The fourth-order valence-electron chi connectivity index (χ4n) is 4.65. The molecular formula is C33H62O4. The van der Waals surface area contributed by atoms with E-state index in [4.69, 9.17) is 9.47 Å². The molecule has 0 aliphatic carbocycles. The molecule has 37 heavy (non-hydrogen) atoms. The van der Waals surface area contributed by atoms with Gasteiger partial charge in [-0.15, -0.1) is 0 Å². The highest BCUT2D eigenvalue weighted by Gasteiger charge is 2.23. The molecule has 0 radical (unpaired) electrons. The lowest BCUT2D eigenvalue weighted by molar-refractivity contribution is -0.142. The summed E-state index contributed by atoms with van der Waals surface area (Å²) in [6.07, 6.45) is 25.0. The van der Waals surface area contributed by atoms with Gasteiger partial charge in [-0.05, 0) is 38.5 Å². The lowest BCUT2D eigenvalue weighted by atomic mass is 9.96. The minimum atomic E-state index is -0.287. The Morgan fingerprint density at radius 3 is 1.00 bits per heavy atom. The van der Waals surface area contributed by atoms with E-state index >= 15 is 0 Å². The van der Waals surface area contributed by atoms with E-state index in [9.17, 15) is 9.59 Å². The Bertz CT molecular complexity index is 567. The number of rotatable bonds is 27. The molecule has 0 aromatic heterocycles. The Morgan fingerprint density at radius 2 is 0.649 bits per heavy atom. The Kier molecular flexibility index (Phi) is 26.7. The van der Waals surface area contributed by atoms with Crippen LogP contribution < -0.4 is 0 Å². The van der Waals surface area contributed by atoms with Gasteiger partial charge in [-0.1, -0.05) is 137 Å². The van der Waals surface area contributed by atoms with Crippen molar-refractivity contribution in [1.29, 1.82) is 0 Å². The first-order valence-corrected chi connectivity index (χ1v) is 16.2. The molecule has 0 rings (SSSR count). The first kappa shape index (κ1) is 35.7. The van der Waals surface area contributed by atoms with Gasteiger partial charge in [-0.3, -0.25) is 0 Å². The predicted octanol–water partition coefficient (Wildman–Crippen LogP) is 10.4. The van der Waals surface area contributed by atoms with Gasteiger partial charge in [0.05, 0.1) is 13.2 Å². The van der Waals surface area contributed by atoms with E-state index in [2.05, 4.69) is 27.7 Å². The summed E-state index contributed by atoms with van der Waals surface area (Å²) in [5.74, 6) is -0.573. The number of hydrogen-bond donors (Lipinski definition) is 0. The van der Waals surface area contributed by atoms with E-state index < -0.39 is 0 Å². The van der Waals surface area contributed by atoms with Crippen molar-refractivity contribution in [3.05, 3.63) is 11.1 Å². The zero-order valence-corrected chi connectivity index (χ0v) is 25.3. The van der Waals surface area contributed by atoms with Gasteiger partial charge in [0.15, 0.2) is 0 Å². The van der Waals surface area contributed by atoms with Crippen LogP contribution >= 0.6 is 0 Å². The van der Waals surface area contributed by atoms with Gasteiger partial charge < -0.3 is 9.47 Å². The second-order valence-corrected chi connectivity index (χ2v) is 10.7. The second kappa shape index (κ2) is 27.7. The van der Waals surface area contributed by atoms with E-state index in [1.54, 1.807) is 0 Å². The first-order chi connectivity index (χ1) is 18.1. The van der Waals surface area contributed by atoms with Crippen molar-refractivity contribution in [2.45, 2.75) is 175 Å². The highest BCUT2D eigenvalue weighted by molar-refractivity contribution is 6.00. The van der Waals surface area contributed by atoms with Crippen LogP contribution in [0.25, 0.3) is 0 Å². The molecule has 0 saturated carbocycles. The molecule has 0 aliphatic rings. The monoisotopic (exact) mass is 522 g/mol. The summed E-state index contributed by atoms with van der Waals surface area (Å²) in [7, 11) is 0. The molecule has 0 aromatic carbocycles. The van der Waals surface area contributed by atoms with E-state index in [1.165, 1.54) is 70.6 Å². The summed E-state index contributed by atoms with van der Waals surface area (Å²) in [6.45, 7) is 9.72. The molecule has 0 aromatic rings. The topological polar surface area (TPSA) is 52.6 Å². The molecule has 0 bridgehead atoms. The van der Waals surface area contributed by atoms with Gasteiger partial charge in [0, 0.05) is 11.1 Å². The molecule has 0 N–H and O–H groups in total. The number of carbonyl (C=O) groups is 2. The van der Waals surface area contributed by atoms with Gasteiger partial charge in [0.1, 0.15) is 0 Å². The van der Waals surface area contributed by atoms with Crippen LogP contribution in [-0.2, 0) is 19.1 Å². The zero-order chi connectivity index (χ0) is 27.4. The third-order valence-corrected chi connectivity index (χ3v) is 7.13. The van der Waals surface area contributed by atoms with Crippen molar-refractivity contribution in [2.24, 2.45) is 0 Å². The number of ether oxygens (including phenoxy) is 2. The van der Waals surface area contributed by atoms with Crippen LogP contribution in [-0.4, -0.2) is 25.2 Å². The number of carbonyl (C=O) groups excluding carboxylic acids is 2. The van der Waals surface area contributed by atoms with E-state index in [1.807, 2.05) is 0 Å². The Morgan fingerprint density at radius 1 is 0.378 bits per heavy atom. The molecule has 4 heteroatoms. The molecule has 0 atom stereocenters. The summed E-state index contributed by atoms with van der Waals surface area (Å²) in [5, 5.41) is 0. The molecule has 0 saturated heterocycles. The number of esters is 2. The smallest absolute Gasteiger partial charge is 0.334 e. The van der Waals surface area contributed by atoms with Crippen LogP contribution in [0.3, 0.4) is 0 Å². The molecule has 0 spiro atoms. The maximum absolute atomic E-state index is 13.2. The van der Waals surface area contributed by atoms with Crippen molar-refractivity contribution in [2.75, 3.05) is 13.2 Å². The minimum Gasteiger partial charge on any atom is -0.462 e. The predicted molar refractivity (Wildman–Crippen MR) is 158 cm³/mol. The van der Waals surface area contributed by atoms with Crippen molar-refractivity contribution < 1.29 is 19.1 Å². The number of unbranched alkanes of at least 4 members (excludes halogenated alkanes) is 17. The van der Waals surface area contributed by atoms with Crippen LogP contribution in [0.2, 0.25) is 0 Å². The first-order valence-electron chi connectivity index (χ1n) is 16.2. The van der Waals surface area contributed by atoms with Gasteiger partial charge in [-0.25, -0.2) is 9.59 Å². The summed E-state index contributed by atoms with van der Waals surface area (Å²) in [6, 6.07) is 0. The molecule has 0 fully saturated rings. The Hall–Kier alpha value is -1.32. The van der Waals surface area contributed by atoms with E-state index in [-0.39, 0.29) is 11.9 Å². The van der Waals surface area contributed by atoms with Crippen LogP contribution in [0.4, 0.5) is 0 Å². The largest absolute Gasteiger partial charge is 0.462 e. The van der Waals surface area contributed by atoms with Gasteiger partial charge in [-0.2, -0.15) is 0 Å². The quantitative estimate of drug-likeness (QED) is 0.0611. The maximum Gasteiger partial charge on any atom is 0.334 e. The molecule has 0 heterocycles. The lowest BCUT2D eigenvalue weighted by Gasteiger charge is -2.15. The highest BCUT2D eigenvalue weighted by atomic mass is 16.5. The molecule has 4 nitrogen and oxygen atoms in total. The lowest BCUT2D eigenvalue weighted by Crippen LogP contribution is -2.18. The van der Waals surface area contributed by atoms with Crippen molar-refractivity contribution in [1.82, 2.24) is 0 Å². The third-order valence-electron chi connectivity index (χ3n) is 7.13. The fourth-order valence-corrected chi connectivity index (χ4v) is 4.65. The molecule has 0 unspecified atom stereocenters. The van der Waals surface area contributed by atoms with E-state index in [0.29, 0.717) is 37.2 Å². The average Bonchev–Trinajstić information content (AvgIpc) is 2.90. The summed E-state index contributed by atoms with van der Waals surface area (Å²) < 4.78 is 11.4. The normalized spacial score (nSPS) is 11.9. The SMILES string of the molecule is CCCCCCCCOC(=O)/C(CCCCCC)=C(/CCCCCCC)C(=O)OCCCCCCCC. The van der Waals surface area contributed by atoms with Crippen molar-refractivity contribution in [3.63, 3.8) is 0 Å². The van der Waals surface area contributed by atoms with Crippen molar-refractivity contribution in [3.8, 4) is 0 Å². The third kappa shape index (κ3) is 21.3. The van der Waals surface area contributed by atoms with Crippen LogP contribution in [0.15, 0.2) is 11.1 Å². The summed E-state index contributed by atoms with van der Waals surface area (Å²) in [4.78, 5) is 26.4. The maximum atomic E-state index is 13.2. The van der Waals surface area contributed by atoms with Crippen molar-refractivity contribution >= 4 is 11.9 Å². The molecular weight excluding hydrogens is 460 g/mol. The molecule has 0 amide bonds. The Labute approximate surface area is 230 Å². The second-order valence-electron chi connectivity index (χ2n) is 10.7.